The summed E-state index contributed by atoms with van der Waals surface area (Å²) in [5.41, 5.74) is 5.66. The molecule has 0 bridgehead atoms. The molecule has 0 aromatic carbocycles. The minimum absolute atomic E-state index is 0.302. The van der Waals surface area contributed by atoms with Gasteiger partial charge in [0, 0.05) is 5.75 Å². The first-order valence-electron chi connectivity index (χ1n) is 4.82. The molecule has 84 valence electrons. The van der Waals surface area contributed by atoms with Crippen molar-refractivity contribution in [2.75, 3.05) is 12.4 Å². The second-order valence-corrected chi connectivity index (χ2v) is 5.27. The van der Waals surface area contributed by atoms with Gasteiger partial charge in [0.25, 0.3) is 0 Å². The Hall–Kier alpha value is -0.520. The fraction of sp³-hybridized carbons (Fsp3) is 0.500. The molecule has 1 aromatic heterocycles. The number of esters is 1. The van der Waals surface area contributed by atoms with Gasteiger partial charge in [0.05, 0.1) is 10.8 Å². The lowest BCUT2D eigenvalue weighted by Gasteiger charge is -2.09. The highest BCUT2D eigenvalue weighted by molar-refractivity contribution is 8.01. The summed E-state index contributed by atoms with van der Waals surface area (Å²) >= 11 is 3.42. The molecule has 3 nitrogen and oxygen atoms in total. The van der Waals surface area contributed by atoms with Crippen LogP contribution >= 0.6 is 23.1 Å². The van der Waals surface area contributed by atoms with Crippen LogP contribution in [0.25, 0.3) is 0 Å². The van der Waals surface area contributed by atoms with E-state index in [-0.39, 0.29) is 5.97 Å². The Balaban J connectivity index is 2.17. The second-order valence-electron chi connectivity index (χ2n) is 2.93. The number of hydrogen-bond acceptors (Lipinski definition) is 5. The van der Waals surface area contributed by atoms with Crippen LogP contribution in [0.4, 0.5) is 0 Å². The summed E-state index contributed by atoms with van der Waals surface area (Å²) in [7, 11) is 0. The van der Waals surface area contributed by atoms with Crippen molar-refractivity contribution in [3.63, 3.8) is 0 Å². The van der Waals surface area contributed by atoms with E-state index in [2.05, 4.69) is 6.07 Å². The van der Waals surface area contributed by atoms with E-state index in [9.17, 15) is 4.79 Å². The first-order valence-corrected chi connectivity index (χ1v) is 6.69. The van der Waals surface area contributed by atoms with Gasteiger partial charge in [0.2, 0.25) is 0 Å². The van der Waals surface area contributed by atoms with Crippen molar-refractivity contribution >= 4 is 29.1 Å². The molecule has 1 aromatic rings. The highest BCUT2D eigenvalue weighted by atomic mass is 32.2. The Kier molecular flexibility index (Phi) is 5.75. The maximum absolute atomic E-state index is 11.2. The van der Waals surface area contributed by atoms with Crippen LogP contribution in [0.5, 0.6) is 0 Å². The molecule has 0 spiro atoms. The van der Waals surface area contributed by atoms with E-state index < -0.39 is 6.04 Å². The summed E-state index contributed by atoms with van der Waals surface area (Å²) in [6.45, 7) is 2.18. The van der Waals surface area contributed by atoms with Crippen LogP contribution in [0.1, 0.15) is 13.3 Å². The summed E-state index contributed by atoms with van der Waals surface area (Å²) in [6, 6.07) is 3.58. The summed E-state index contributed by atoms with van der Waals surface area (Å²) in [5.74, 6) is 0.546. The maximum atomic E-state index is 11.2. The van der Waals surface area contributed by atoms with E-state index in [4.69, 9.17) is 10.5 Å². The highest BCUT2D eigenvalue weighted by Crippen LogP contribution is 2.24. The Morgan fingerprint density at radius 1 is 1.73 bits per heavy atom. The van der Waals surface area contributed by atoms with Gasteiger partial charge >= 0.3 is 5.97 Å². The normalized spacial score (nSPS) is 12.4. The molecule has 0 aliphatic heterocycles. The van der Waals surface area contributed by atoms with E-state index in [1.807, 2.05) is 11.4 Å². The number of carbonyl (C=O) groups excluding carboxylic acids is 1. The van der Waals surface area contributed by atoms with Gasteiger partial charge < -0.3 is 10.5 Å². The van der Waals surface area contributed by atoms with Gasteiger partial charge in [0.1, 0.15) is 6.04 Å². The fourth-order valence-electron chi connectivity index (χ4n) is 0.999. The molecule has 0 saturated carbocycles. The first-order chi connectivity index (χ1) is 7.24. The molecule has 0 fully saturated rings. The van der Waals surface area contributed by atoms with Crippen LogP contribution in [-0.2, 0) is 9.53 Å². The quantitative estimate of drug-likeness (QED) is 0.616. The molecular weight excluding hydrogens is 230 g/mol. The zero-order valence-electron chi connectivity index (χ0n) is 8.64. The third-order valence-corrected chi connectivity index (χ3v) is 3.92. The molecule has 5 heteroatoms. The van der Waals surface area contributed by atoms with Gasteiger partial charge in [-0.2, -0.15) is 0 Å². The zero-order chi connectivity index (χ0) is 11.1. The van der Waals surface area contributed by atoms with Crippen LogP contribution in [0.2, 0.25) is 0 Å². The molecule has 0 aliphatic rings. The van der Waals surface area contributed by atoms with Crippen molar-refractivity contribution in [3.8, 4) is 0 Å². The molecule has 2 N–H and O–H groups in total. The van der Waals surface area contributed by atoms with Crippen LogP contribution in [0.3, 0.4) is 0 Å². The van der Waals surface area contributed by atoms with E-state index >= 15 is 0 Å². The van der Waals surface area contributed by atoms with Gasteiger partial charge in [-0.3, -0.25) is 4.79 Å². The lowest BCUT2D eigenvalue weighted by atomic mass is 10.2. The molecule has 1 rings (SSSR count). The van der Waals surface area contributed by atoms with Crippen LogP contribution in [-0.4, -0.2) is 24.4 Å². The Bertz CT molecular complexity index is 288. The third-order valence-electron chi connectivity index (χ3n) is 1.76. The number of rotatable bonds is 6. The molecule has 1 heterocycles. The van der Waals surface area contributed by atoms with E-state index in [0.29, 0.717) is 13.0 Å². The number of nitrogens with two attached hydrogens (primary N) is 1. The van der Waals surface area contributed by atoms with Crippen molar-refractivity contribution in [1.82, 2.24) is 0 Å². The predicted octanol–water partition coefficient (Wildman–Crippen LogP) is 2.12. The SMILES string of the molecule is CCOC(=O)C(N)CCSc1cccs1. The molecule has 1 unspecified atom stereocenters. The molecule has 1 atom stereocenters. The van der Waals surface area contributed by atoms with Gasteiger partial charge in [-0.1, -0.05) is 6.07 Å². The fourth-order valence-corrected chi connectivity index (χ4v) is 2.88. The van der Waals surface area contributed by atoms with Crippen molar-refractivity contribution in [1.29, 1.82) is 0 Å². The summed E-state index contributed by atoms with van der Waals surface area (Å²) in [5, 5.41) is 2.04. The minimum Gasteiger partial charge on any atom is -0.465 e. The molecule has 0 amide bonds. The standard InChI is InChI=1S/C10H15NO2S2/c1-2-13-10(12)8(11)5-7-15-9-4-3-6-14-9/h3-4,6,8H,2,5,7,11H2,1H3. The Labute approximate surface area is 98.0 Å². The number of ether oxygens (including phenoxy) is 1. The number of thiophene rings is 1. The van der Waals surface area contributed by atoms with E-state index in [1.54, 1.807) is 30.0 Å². The van der Waals surface area contributed by atoms with Crippen LogP contribution < -0.4 is 5.73 Å². The molecule has 0 aliphatic carbocycles. The van der Waals surface area contributed by atoms with Gasteiger partial charge in [-0.15, -0.1) is 23.1 Å². The average molecular weight is 245 g/mol. The van der Waals surface area contributed by atoms with E-state index in [0.717, 1.165) is 5.75 Å². The van der Waals surface area contributed by atoms with Crippen molar-refractivity contribution < 1.29 is 9.53 Å². The van der Waals surface area contributed by atoms with E-state index in [1.165, 1.54) is 4.21 Å². The van der Waals surface area contributed by atoms with Gasteiger partial charge in [-0.05, 0) is 24.8 Å². The Morgan fingerprint density at radius 3 is 3.13 bits per heavy atom. The first kappa shape index (κ1) is 12.5. The average Bonchev–Trinajstić information content (AvgIpc) is 2.71. The minimum atomic E-state index is -0.489. The Morgan fingerprint density at radius 2 is 2.53 bits per heavy atom. The summed E-state index contributed by atoms with van der Waals surface area (Å²) in [6.07, 6.45) is 0.654. The number of carbonyl (C=O) groups is 1. The maximum Gasteiger partial charge on any atom is 0.322 e. The summed E-state index contributed by atoms with van der Waals surface area (Å²) < 4.78 is 6.08. The molecular formula is C10H15NO2S2. The number of thioether (sulfide) groups is 1. The molecule has 0 radical (unpaired) electrons. The topological polar surface area (TPSA) is 52.3 Å². The molecule has 15 heavy (non-hydrogen) atoms. The zero-order valence-corrected chi connectivity index (χ0v) is 10.3. The largest absolute Gasteiger partial charge is 0.465 e. The van der Waals surface area contributed by atoms with Crippen molar-refractivity contribution in [3.05, 3.63) is 17.5 Å². The van der Waals surface area contributed by atoms with Crippen LogP contribution in [0.15, 0.2) is 21.7 Å². The monoisotopic (exact) mass is 245 g/mol. The smallest absolute Gasteiger partial charge is 0.322 e. The second kappa shape index (κ2) is 6.87. The third kappa shape index (κ3) is 4.68. The summed E-state index contributed by atoms with van der Waals surface area (Å²) in [4.78, 5) is 11.2. The van der Waals surface area contributed by atoms with Gasteiger partial charge in [-0.25, -0.2) is 0 Å². The van der Waals surface area contributed by atoms with Crippen molar-refractivity contribution in [2.45, 2.75) is 23.6 Å². The highest BCUT2D eigenvalue weighted by Gasteiger charge is 2.13. The predicted molar refractivity (Wildman–Crippen MR) is 64.3 cm³/mol. The lowest BCUT2D eigenvalue weighted by Crippen LogP contribution is -2.32. The van der Waals surface area contributed by atoms with Gasteiger partial charge in [0.15, 0.2) is 0 Å². The van der Waals surface area contributed by atoms with Crippen LogP contribution in [0, 0.1) is 0 Å². The lowest BCUT2D eigenvalue weighted by molar-refractivity contribution is -0.144. The van der Waals surface area contributed by atoms with Crippen molar-refractivity contribution in [2.24, 2.45) is 5.73 Å². The number of hydrogen-bond donors (Lipinski definition) is 1. The molecule has 0 saturated heterocycles.